The highest BCUT2D eigenvalue weighted by Gasteiger charge is 2.19. The summed E-state index contributed by atoms with van der Waals surface area (Å²) in [6, 6.07) is 22.7. The zero-order valence-corrected chi connectivity index (χ0v) is 17.0. The Balaban J connectivity index is 1.96. The van der Waals surface area contributed by atoms with Crippen LogP contribution >= 0.6 is 0 Å². The van der Waals surface area contributed by atoms with Gasteiger partial charge in [0.2, 0.25) is 5.75 Å². The molecule has 0 aliphatic heterocycles. The van der Waals surface area contributed by atoms with E-state index in [-0.39, 0.29) is 5.75 Å². The molecule has 1 heterocycles. The van der Waals surface area contributed by atoms with E-state index in [0.717, 1.165) is 16.9 Å². The molecule has 1 N–H and O–H groups in total. The van der Waals surface area contributed by atoms with E-state index < -0.39 is 0 Å². The highest BCUT2D eigenvalue weighted by molar-refractivity contribution is 5.76. The standard InChI is InChI=1S/C24H22N2O4/c1-28-22-13-16(14-23(29-2)24(22)30-3)20-15-19(18-11-7-8-12-21(18)27)25-26(20)17-9-5-4-6-10-17/h4-15,27H,1-3H3. The molecule has 0 aliphatic carbocycles. The van der Waals surface area contributed by atoms with Gasteiger partial charge in [-0.25, -0.2) is 4.68 Å². The maximum Gasteiger partial charge on any atom is 0.203 e. The van der Waals surface area contributed by atoms with Gasteiger partial charge in [-0.2, -0.15) is 5.10 Å². The molecular weight excluding hydrogens is 380 g/mol. The minimum Gasteiger partial charge on any atom is -0.507 e. The van der Waals surface area contributed by atoms with Crippen LogP contribution in [0.2, 0.25) is 0 Å². The summed E-state index contributed by atoms with van der Waals surface area (Å²) in [5, 5.41) is 15.1. The van der Waals surface area contributed by atoms with Crippen molar-refractivity contribution >= 4 is 0 Å². The van der Waals surface area contributed by atoms with Crippen LogP contribution < -0.4 is 14.2 Å². The molecule has 0 radical (unpaired) electrons. The van der Waals surface area contributed by atoms with Gasteiger partial charge in [0.1, 0.15) is 5.75 Å². The number of rotatable bonds is 6. The number of para-hydroxylation sites is 2. The van der Waals surface area contributed by atoms with Crippen molar-refractivity contribution in [1.29, 1.82) is 0 Å². The van der Waals surface area contributed by atoms with E-state index >= 15 is 0 Å². The summed E-state index contributed by atoms with van der Waals surface area (Å²) in [4.78, 5) is 0. The van der Waals surface area contributed by atoms with Crippen molar-refractivity contribution in [3.05, 3.63) is 72.8 Å². The Labute approximate surface area is 174 Å². The molecule has 4 aromatic rings. The molecule has 0 aliphatic rings. The van der Waals surface area contributed by atoms with Gasteiger partial charge >= 0.3 is 0 Å². The fourth-order valence-electron chi connectivity index (χ4n) is 3.40. The van der Waals surface area contributed by atoms with Crippen molar-refractivity contribution in [2.45, 2.75) is 0 Å². The predicted octanol–water partition coefficient (Wildman–Crippen LogP) is 4.94. The van der Waals surface area contributed by atoms with Crippen molar-refractivity contribution in [1.82, 2.24) is 9.78 Å². The summed E-state index contributed by atoms with van der Waals surface area (Å²) in [6.07, 6.45) is 0. The minimum absolute atomic E-state index is 0.173. The Kier molecular flexibility index (Phi) is 5.30. The van der Waals surface area contributed by atoms with Gasteiger partial charge in [0.15, 0.2) is 11.5 Å². The van der Waals surface area contributed by atoms with Crippen molar-refractivity contribution in [2.24, 2.45) is 0 Å². The van der Waals surface area contributed by atoms with Crippen LogP contribution in [-0.2, 0) is 0 Å². The molecule has 4 rings (SSSR count). The van der Waals surface area contributed by atoms with Gasteiger partial charge in [-0.15, -0.1) is 0 Å². The molecule has 3 aromatic carbocycles. The Bertz CT molecular complexity index is 1140. The quantitative estimate of drug-likeness (QED) is 0.495. The van der Waals surface area contributed by atoms with E-state index in [0.29, 0.717) is 28.5 Å². The van der Waals surface area contributed by atoms with Crippen LogP contribution in [0.4, 0.5) is 0 Å². The van der Waals surface area contributed by atoms with Crippen molar-refractivity contribution < 1.29 is 19.3 Å². The van der Waals surface area contributed by atoms with Gasteiger partial charge in [-0.3, -0.25) is 0 Å². The average molecular weight is 402 g/mol. The van der Waals surface area contributed by atoms with E-state index in [4.69, 9.17) is 19.3 Å². The number of hydrogen-bond acceptors (Lipinski definition) is 5. The second-order valence-corrected chi connectivity index (χ2v) is 6.59. The first-order valence-electron chi connectivity index (χ1n) is 9.40. The van der Waals surface area contributed by atoms with Crippen LogP contribution in [0.15, 0.2) is 72.8 Å². The van der Waals surface area contributed by atoms with Crippen LogP contribution in [0.3, 0.4) is 0 Å². The van der Waals surface area contributed by atoms with E-state index in [1.165, 1.54) is 0 Å². The lowest BCUT2D eigenvalue weighted by Gasteiger charge is -2.15. The Morgan fingerprint density at radius 3 is 2.00 bits per heavy atom. The Morgan fingerprint density at radius 2 is 1.40 bits per heavy atom. The fourth-order valence-corrected chi connectivity index (χ4v) is 3.40. The smallest absolute Gasteiger partial charge is 0.203 e. The number of methoxy groups -OCH3 is 3. The third-order valence-electron chi connectivity index (χ3n) is 4.85. The molecule has 0 saturated heterocycles. The lowest BCUT2D eigenvalue weighted by Crippen LogP contribution is -2.00. The molecule has 6 nitrogen and oxygen atoms in total. The largest absolute Gasteiger partial charge is 0.507 e. The fraction of sp³-hybridized carbons (Fsp3) is 0.125. The number of aromatic nitrogens is 2. The summed E-state index contributed by atoms with van der Waals surface area (Å²) < 4.78 is 18.3. The van der Waals surface area contributed by atoms with E-state index in [1.54, 1.807) is 33.5 Å². The summed E-state index contributed by atoms with van der Waals surface area (Å²) >= 11 is 0. The van der Waals surface area contributed by atoms with Gasteiger partial charge in [-0.1, -0.05) is 30.3 Å². The average Bonchev–Trinajstić information content (AvgIpc) is 3.24. The summed E-state index contributed by atoms with van der Waals surface area (Å²) in [7, 11) is 4.75. The zero-order chi connectivity index (χ0) is 21.1. The van der Waals surface area contributed by atoms with Crippen LogP contribution in [0, 0.1) is 0 Å². The third-order valence-corrected chi connectivity index (χ3v) is 4.85. The number of ether oxygens (including phenoxy) is 3. The number of benzene rings is 3. The maximum absolute atomic E-state index is 10.3. The third kappa shape index (κ3) is 3.43. The maximum atomic E-state index is 10.3. The molecule has 30 heavy (non-hydrogen) atoms. The lowest BCUT2D eigenvalue weighted by molar-refractivity contribution is 0.324. The molecule has 0 spiro atoms. The van der Waals surface area contributed by atoms with Gasteiger partial charge in [-0.05, 0) is 42.5 Å². The second-order valence-electron chi connectivity index (χ2n) is 6.59. The Hall–Kier alpha value is -3.93. The SMILES string of the molecule is COc1cc(-c2cc(-c3ccccc3O)nn2-c2ccccc2)cc(OC)c1OC. The van der Waals surface area contributed by atoms with E-state index in [9.17, 15) is 5.11 Å². The lowest BCUT2D eigenvalue weighted by atomic mass is 10.1. The van der Waals surface area contributed by atoms with Crippen LogP contribution in [-0.4, -0.2) is 36.2 Å². The Morgan fingerprint density at radius 1 is 0.767 bits per heavy atom. The van der Waals surface area contributed by atoms with Crippen LogP contribution in [0.1, 0.15) is 0 Å². The number of nitrogens with zero attached hydrogens (tertiary/aromatic N) is 2. The van der Waals surface area contributed by atoms with Gasteiger partial charge in [0.25, 0.3) is 0 Å². The topological polar surface area (TPSA) is 65.7 Å². The molecular formula is C24H22N2O4. The molecule has 0 saturated carbocycles. The monoisotopic (exact) mass is 402 g/mol. The van der Waals surface area contributed by atoms with Crippen molar-refractivity contribution in [2.75, 3.05) is 21.3 Å². The number of phenols is 1. The van der Waals surface area contributed by atoms with Gasteiger partial charge in [0, 0.05) is 11.1 Å². The highest BCUT2D eigenvalue weighted by Crippen LogP contribution is 2.42. The predicted molar refractivity (Wildman–Crippen MR) is 116 cm³/mol. The van der Waals surface area contributed by atoms with Gasteiger partial charge in [0.05, 0.1) is 38.4 Å². The van der Waals surface area contributed by atoms with E-state index in [1.807, 2.05) is 65.3 Å². The molecule has 1 aromatic heterocycles. The zero-order valence-electron chi connectivity index (χ0n) is 17.0. The molecule has 0 bridgehead atoms. The van der Waals surface area contributed by atoms with E-state index in [2.05, 4.69) is 0 Å². The summed E-state index contributed by atoms with van der Waals surface area (Å²) in [5.41, 5.74) is 3.85. The first kappa shape index (κ1) is 19.4. The first-order chi connectivity index (χ1) is 14.7. The molecule has 152 valence electrons. The van der Waals surface area contributed by atoms with Crippen LogP contribution in [0.5, 0.6) is 23.0 Å². The highest BCUT2D eigenvalue weighted by atomic mass is 16.5. The molecule has 0 amide bonds. The molecule has 0 atom stereocenters. The van der Waals surface area contributed by atoms with Crippen molar-refractivity contribution in [3.63, 3.8) is 0 Å². The first-order valence-corrected chi connectivity index (χ1v) is 9.40. The molecule has 0 unspecified atom stereocenters. The second kappa shape index (κ2) is 8.21. The minimum atomic E-state index is 0.173. The number of hydrogen-bond donors (Lipinski definition) is 1. The molecule has 6 heteroatoms. The van der Waals surface area contributed by atoms with Gasteiger partial charge < -0.3 is 19.3 Å². The normalized spacial score (nSPS) is 10.6. The van der Waals surface area contributed by atoms with Crippen molar-refractivity contribution in [3.8, 4) is 51.2 Å². The molecule has 0 fully saturated rings. The number of phenolic OH excluding ortho intramolecular Hbond substituents is 1. The van der Waals surface area contributed by atoms with Crippen LogP contribution in [0.25, 0.3) is 28.2 Å². The number of aromatic hydroxyl groups is 1. The summed E-state index contributed by atoms with van der Waals surface area (Å²) in [5.74, 6) is 1.80. The summed E-state index contributed by atoms with van der Waals surface area (Å²) in [6.45, 7) is 0.